The molecule has 1 aromatic heterocycles. The molecule has 21 heavy (non-hydrogen) atoms. The van der Waals surface area contributed by atoms with Crippen LogP contribution >= 0.6 is 23.4 Å². The van der Waals surface area contributed by atoms with Crippen LogP contribution in [0, 0.1) is 0 Å². The molecule has 0 saturated heterocycles. The number of carbonyl (C=O) groups is 1. The molecule has 0 aliphatic heterocycles. The lowest BCUT2D eigenvalue weighted by molar-refractivity contribution is -0.129. The highest BCUT2D eigenvalue weighted by atomic mass is 35.5. The Kier molecular flexibility index (Phi) is 5.70. The van der Waals surface area contributed by atoms with E-state index in [0.717, 1.165) is 22.0 Å². The lowest BCUT2D eigenvalue weighted by Crippen LogP contribution is -2.31. The molecule has 4 nitrogen and oxygen atoms in total. The number of nitrogens with zero attached hydrogens (tertiary/aromatic N) is 2. The Bertz CT molecular complexity index is 589. The Morgan fingerprint density at radius 2 is 2.19 bits per heavy atom. The summed E-state index contributed by atoms with van der Waals surface area (Å²) in [7, 11) is 1.78. The van der Waals surface area contributed by atoms with Gasteiger partial charge in [-0.05, 0) is 18.6 Å². The van der Waals surface area contributed by atoms with E-state index in [9.17, 15) is 4.79 Å². The van der Waals surface area contributed by atoms with Crippen molar-refractivity contribution in [1.29, 1.82) is 0 Å². The summed E-state index contributed by atoms with van der Waals surface area (Å²) in [6, 6.07) is 9.35. The zero-order valence-corrected chi connectivity index (χ0v) is 13.5. The molecule has 0 aliphatic rings. The van der Waals surface area contributed by atoms with Gasteiger partial charge in [0.05, 0.1) is 11.8 Å². The van der Waals surface area contributed by atoms with Gasteiger partial charge in [0.1, 0.15) is 12.0 Å². The Hall–Kier alpha value is -1.46. The zero-order valence-electron chi connectivity index (χ0n) is 12.0. The van der Waals surface area contributed by atoms with E-state index < -0.39 is 0 Å². The van der Waals surface area contributed by atoms with Gasteiger partial charge in [-0.15, -0.1) is 11.8 Å². The molecule has 0 saturated carbocycles. The summed E-state index contributed by atoms with van der Waals surface area (Å²) in [5.74, 6) is 1.18. The highest BCUT2D eigenvalue weighted by Gasteiger charge is 2.19. The lowest BCUT2D eigenvalue weighted by atomic mass is 10.2. The van der Waals surface area contributed by atoms with E-state index in [1.54, 1.807) is 29.8 Å². The van der Waals surface area contributed by atoms with Crippen LogP contribution in [0.15, 0.2) is 41.1 Å². The number of hydrogen-bond acceptors (Lipinski definition) is 4. The minimum absolute atomic E-state index is 0.0579. The van der Waals surface area contributed by atoms with E-state index in [0.29, 0.717) is 5.75 Å². The Morgan fingerprint density at radius 3 is 2.86 bits per heavy atom. The van der Waals surface area contributed by atoms with Crippen LogP contribution in [-0.4, -0.2) is 28.8 Å². The van der Waals surface area contributed by atoms with E-state index in [1.807, 2.05) is 31.2 Å². The Balaban J connectivity index is 1.83. The Morgan fingerprint density at radius 1 is 1.43 bits per heavy atom. The second kappa shape index (κ2) is 7.52. The van der Waals surface area contributed by atoms with Crippen molar-refractivity contribution in [2.75, 3.05) is 12.8 Å². The normalized spacial score (nSPS) is 12.1. The summed E-state index contributed by atoms with van der Waals surface area (Å²) in [6.45, 7) is 1.93. The van der Waals surface area contributed by atoms with Crippen molar-refractivity contribution in [3.05, 3.63) is 52.9 Å². The molecule has 112 valence electrons. The molecular formula is C15H17ClN2O2S. The zero-order chi connectivity index (χ0) is 15.2. The maximum absolute atomic E-state index is 12.2. The van der Waals surface area contributed by atoms with Gasteiger partial charge in [0, 0.05) is 23.9 Å². The molecule has 1 amide bonds. The fraction of sp³-hybridized carbons (Fsp3) is 0.333. The van der Waals surface area contributed by atoms with Crippen LogP contribution in [0.3, 0.4) is 0 Å². The first-order valence-corrected chi connectivity index (χ1v) is 8.10. The second-order valence-electron chi connectivity index (χ2n) is 4.69. The third kappa shape index (κ3) is 4.25. The number of hydrogen-bond donors (Lipinski definition) is 0. The smallest absolute Gasteiger partial charge is 0.232 e. The molecule has 0 aliphatic carbocycles. The van der Waals surface area contributed by atoms with Gasteiger partial charge < -0.3 is 9.42 Å². The molecule has 0 fully saturated rings. The van der Waals surface area contributed by atoms with Crippen LogP contribution in [-0.2, 0) is 10.5 Å². The van der Waals surface area contributed by atoms with Crippen LogP contribution in [0.2, 0.25) is 5.02 Å². The maximum atomic E-state index is 12.2. The fourth-order valence-corrected chi connectivity index (χ4v) is 3.05. The van der Waals surface area contributed by atoms with Crippen molar-refractivity contribution in [1.82, 2.24) is 10.1 Å². The fourth-order valence-electron chi connectivity index (χ4n) is 1.82. The van der Waals surface area contributed by atoms with Crippen molar-refractivity contribution in [2.24, 2.45) is 0 Å². The molecule has 0 unspecified atom stereocenters. The second-order valence-corrected chi connectivity index (χ2v) is 6.08. The van der Waals surface area contributed by atoms with Crippen molar-refractivity contribution in [3.8, 4) is 0 Å². The monoisotopic (exact) mass is 324 g/mol. The van der Waals surface area contributed by atoms with Gasteiger partial charge >= 0.3 is 0 Å². The maximum Gasteiger partial charge on any atom is 0.232 e. The van der Waals surface area contributed by atoms with Crippen LogP contribution in [0.4, 0.5) is 0 Å². The van der Waals surface area contributed by atoms with Crippen LogP contribution in [0.25, 0.3) is 0 Å². The van der Waals surface area contributed by atoms with Crippen molar-refractivity contribution in [3.63, 3.8) is 0 Å². The highest BCUT2D eigenvalue weighted by Crippen LogP contribution is 2.22. The number of amides is 1. The number of aromatic nitrogens is 1. The summed E-state index contributed by atoms with van der Waals surface area (Å²) >= 11 is 7.64. The third-order valence-electron chi connectivity index (χ3n) is 3.30. The average Bonchev–Trinajstić information content (AvgIpc) is 3.01. The first kappa shape index (κ1) is 15.9. The lowest BCUT2D eigenvalue weighted by Gasteiger charge is -2.23. The van der Waals surface area contributed by atoms with Gasteiger partial charge in [-0.2, -0.15) is 0 Å². The molecule has 0 N–H and O–H groups in total. The summed E-state index contributed by atoms with van der Waals surface area (Å²) in [4.78, 5) is 13.8. The largest absolute Gasteiger partial charge is 0.364 e. The van der Waals surface area contributed by atoms with E-state index in [-0.39, 0.29) is 11.9 Å². The summed E-state index contributed by atoms with van der Waals surface area (Å²) in [5.41, 5.74) is 1.80. The van der Waals surface area contributed by atoms with E-state index in [1.165, 1.54) is 6.26 Å². The molecular weight excluding hydrogens is 308 g/mol. The van der Waals surface area contributed by atoms with Gasteiger partial charge in [-0.1, -0.05) is 35.0 Å². The third-order valence-corrected chi connectivity index (χ3v) is 4.64. The van der Waals surface area contributed by atoms with Gasteiger partial charge in [0.15, 0.2) is 0 Å². The summed E-state index contributed by atoms with van der Waals surface area (Å²) < 4.78 is 4.81. The topological polar surface area (TPSA) is 46.3 Å². The molecule has 2 aromatic rings. The number of halogens is 1. The van der Waals surface area contributed by atoms with Crippen LogP contribution in [0.1, 0.15) is 24.2 Å². The quantitative estimate of drug-likeness (QED) is 0.811. The first-order chi connectivity index (χ1) is 10.1. The van der Waals surface area contributed by atoms with Crippen molar-refractivity contribution < 1.29 is 9.32 Å². The predicted octanol–water partition coefficient (Wildman–Crippen LogP) is 3.78. The van der Waals surface area contributed by atoms with Crippen LogP contribution in [0.5, 0.6) is 0 Å². The summed E-state index contributed by atoms with van der Waals surface area (Å²) in [5, 5.41) is 4.60. The molecule has 1 aromatic carbocycles. The molecule has 6 heteroatoms. The number of carbonyl (C=O) groups excluding carboxylic acids is 1. The molecule has 0 radical (unpaired) electrons. The van der Waals surface area contributed by atoms with E-state index in [4.69, 9.17) is 16.1 Å². The number of thioether (sulfide) groups is 1. The Labute approximate surface area is 133 Å². The molecule has 1 atom stereocenters. The SMILES string of the molecule is C[C@@H](c1ccon1)N(C)C(=O)CSCc1ccccc1Cl. The predicted molar refractivity (Wildman–Crippen MR) is 85.3 cm³/mol. The van der Waals surface area contributed by atoms with Gasteiger partial charge in [0.25, 0.3) is 0 Å². The number of rotatable bonds is 6. The van der Waals surface area contributed by atoms with Gasteiger partial charge in [-0.3, -0.25) is 4.79 Å². The van der Waals surface area contributed by atoms with E-state index in [2.05, 4.69) is 5.16 Å². The molecule has 2 rings (SSSR count). The highest BCUT2D eigenvalue weighted by molar-refractivity contribution is 7.99. The number of benzene rings is 1. The van der Waals surface area contributed by atoms with Crippen molar-refractivity contribution in [2.45, 2.75) is 18.7 Å². The average molecular weight is 325 g/mol. The van der Waals surface area contributed by atoms with E-state index >= 15 is 0 Å². The minimum atomic E-state index is -0.0998. The summed E-state index contributed by atoms with van der Waals surface area (Å²) in [6.07, 6.45) is 1.51. The van der Waals surface area contributed by atoms with Crippen LogP contribution < -0.4 is 0 Å². The minimum Gasteiger partial charge on any atom is -0.364 e. The molecule has 0 bridgehead atoms. The van der Waals surface area contributed by atoms with Gasteiger partial charge in [-0.25, -0.2) is 0 Å². The standard InChI is InChI=1S/C15H17ClN2O2S/c1-11(14-7-8-20-17-14)18(2)15(19)10-21-9-12-5-3-4-6-13(12)16/h3-8,11H,9-10H2,1-2H3/t11-/m0/s1. The molecule has 1 heterocycles. The molecule has 0 spiro atoms. The van der Waals surface area contributed by atoms with Crippen molar-refractivity contribution >= 4 is 29.3 Å². The first-order valence-electron chi connectivity index (χ1n) is 6.56. The van der Waals surface area contributed by atoms with Gasteiger partial charge in [0.2, 0.25) is 5.91 Å².